The Morgan fingerprint density at radius 3 is 2.81 bits per heavy atom. The van der Waals surface area contributed by atoms with Crippen LogP contribution in [0, 0.1) is 0 Å². The van der Waals surface area contributed by atoms with Crippen molar-refractivity contribution in [1.82, 2.24) is 10.2 Å². The first-order chi connectivity index (χ1) is 7.48. The largest absolute Gasteiger partial charge is 0.309 e. The van der Waals surface area contributed by atoms with Gasteiger partial charge in [-0.1, -0.05) is 23.2 Å². The number of hydrogen-bond donors (Lipinski definition) is 1. The van der Waals surface area contributed by atoms with Gasteiger partial charge in [0.05, 0.1) is 5.02 Å². The van der Waals surface area contributed by atoms with Gasteiger partial charge in [-0.05, 0) is 24.8 Å². The molecular formula is C11H16Cl2N2S. The molecule has 2 heterocycles. The third kappa shape index (κ3) is 2.90. The van der Waals surface area contributed by atoms with Crippen molar-refractivity contribution in [3.05, 3.63) is 20.3 Å². The first-order valence-electron chi connectivity index (χ1n) is 5.37. The highest BCUT2D eigenvalue weighted by molar-refractivity contribution is 7.15. The van der Waals surface area contributed by atoms with Crippen molar-refractivity contribution >= 4 is 34.5 Å². The number of halogens is 2. The molecule has 0 atom stereocenters. The van der Waals surface area contributed by atoms with Crippen LogP contribution in [0.5, 0.6) is 0 Å². The Bertz CT molecular complexity index is 376. The van der Waals surface area contributed by atoms with Crippen LogP contribution in [0.3, 0.4) is 0 Å². The van der Waals surface area contributed by atoms with Crippen LogP contribution in [0.4, 0.5) is 0 Å². The molecule has 90 valence electrons. The van der Waals surface area contributed by atoms with Crippen LogP contribution >= 0.6 is 34.5 Å². The lowest BCUT2D eigenvalue weighted by Gasteiger charge is -2.39. The summed E-state index contributed by atoms with van der Waals surface area (Å²) in [4.78, 5) is 2.42. The lowest BCUT2D eigenvalue weighted by atomic mass is 10.0. The topological polar surface area (TPSA) is 15.3 Å². The molecule has 5 heteroatoms. The molecule has 2 nitrogen and oxygen atoms in total. The third-order valence-corrected chi connectivity index (χ3v) is 4.71. The van der Waals surface area contributed by atoms with E-state index >= 15 is 0 Å². The highest BCUT2D eigenvalue weighted by Crippen LogP contribution is 2.33. The Morgan fingerprint density at radius 1 is 1.50 bits per heavy atom. The van der Waals surface area contributed by atoms with Gasteiger partial charge in [0, 0.05) is 31.7 Å². The minimum absolute atomic E-state index is 0.185. The number of rotatable bonds is 2. The van der Waals surface area contributed by atoms with Gasteiger partial charge in [-0.3, -0.25) is 4.90 Å². The molecule has 0 aromatic carbocycles. The molecule has 0 aliphatic carbocycles. The Hall–Kier alpha value is 0.200. The summed E-state index contributed by atoms with van der Waals surface area (Å²) in [6.07, 6.45) is 0. The molecule has 1 fully saturated rings. The van der Waals surface area contributed by atoms with Crippen LogP contribution in [0.1, 0.15) is 19.4 Å². The fourth-order valence-corrected chi connectivity index (χ4v) is 3.32. The molecule has 16 heavy (non-hydrogen) atoms. The fourth-order valence-electron chi connectivity index (χ4n) is 2.08. The minimum atomic E-state index is 0.185. The van der Waals surface area contributed by atoms with Crippen LogP contribution in [0.15, 0.2) is 5.38 Å². The van der Waals surface area contributed by atoms with Gasteiger partial charge in [0.15, 0.2) is 0 Å². The number of hydrogen-bond acceptors (Lipinski definition) is 3. The first kappa shape index (κ1) is 12.7. The molecule has 1 aliphatic rings. The van der Waals surface area contributed by atoms with E-state index in [1.165, 1.54) is 11.3 Å². The maximum absolute atomic E-state index is 6.14. The molecule has 1 aliphatic heterocycles. The zero-order valence-corrected chi connectivity index (χ0v) is 11.8. The highest BCUT2D eigenvalue weighted by atomic mass is 35.5. The minimum Gasteiger partial charge on any atom is -0.309 e. The van der Waals surface area contributed by atoms with Crippen molar-refractivity contribution in [3.8, 4) is 0 Å². The molecular weight excluding hydrogens is 263 g/mol. The van der Waals surface area contributed by atoms with E-state index in [1.807, 2.05) is 0 Å². The van der Waals surface area contributed by atoms with Gasteiger partial charge in [-0.25, -0.2) is 0 Å². The highest BCUT2D eigenvalue weighted by Gasteiger charge is 2.26. The number of nitrogens with one attached hydrogen (secondary N) is 1. The average molecular weight is 279 g/mol. The van der Waals surface area contributed by atoms with Crippen molar-refractivity contribution in [1.29, 1.82) is 0 Å². The molecule has 1 N–H and O–H groups in total. The van der Waals surface area contributed by atoms with Crippen molar-refractivity contribution in [3.63, 3.8) is 0 Å². The van der Waals surface area contributed by atoms with E-state index in [-0.39, 0.29) is 5.54 Å². The molecule has 0 amide bonds. The number of piperazine rings is 1. The van der Waals surface area contributed by atoms with Gasteiger partial charge in [-0.2, -0.15) is 0 Å². The van der Waals surface area contributed by atoms with E-state index in [0.717, 1.165) is 36.8 Å². The summed E-state index contributed by atoms with van der Waals surface area (Å²) in [5.74, 6) is 0. The fraction of sp³-hybridized carbons (Fsp3) is 0.636. The van der Waals surface area contributed by atoms with Gasteiger partial charge >= 0.3 is 0 Å². The van der Waals surface area contributed by atoms with E-state index in [9.17, 15) is 0 Å². The summed E-state index contributed by atoms with van der Waals surface area (Å²) in [5, 5.41) is 6.28. The quantitative estimate of drug-likeness (QED) is 0.894. The molecule has 1 saturated heterocycles. The Labute approximate surface area is 111 Å². The first-order valence-corrected chi connectivity index (χ1v) is 7.00. The second kappa shape index (κ2) is 4.83. The van der Waals surface area contributed by atoms with Gasteiger partial charge in [0.25, 0.3) is 0 Å². The Morgan fingerprint density at radius 2 is 2.25 bits per heavy atom. The molecule has 2 rings (SSSR count). The lowest BCUT2D eigenvalue weighted by Crippen LogP contribution is -2.56. The molecule has 0 bridgehead atoms. The van der Waals surface area contributed by atoms with Crippen molar-refractivity contribution in [2.45, 2.75) is 25.9 Å². The molecule has 1 aromatic rings. The zero-order valence-electron chi connectivity index (χ0n) is 9.52. The van der Waals surface area contributed by atoms with Gasteiger partial charge < -0.3 is 5.32 Å². The summed E-state index contributed by atoms with van der Waals surface area (Å²) in [6, 6.07) is 0. The Kier molecular flexibility index (Phi) is 3.82. The summed E-state index contributed by atoms with van der Waals surface area (Å²) < 4.78 is 0.700. The molecule has 0 saturated carbocycles. The van der Waals surface area contributed by atoms with Crippen LogP contribution in [-0.4, -0.2) is 30.1 Å². The van der Waals surface area contributed by atoms with Crippen LogP contribution in [0.25, 0.3) is 0 Å². The van der Waals surface area contributed by atoms with Crippen molar-refractivity contribution < 1.29 is 0 Å². The normalized spacial score (nSPS) is 21.2. The number of nitrogens with zero attached hydrogens (tertiary/aromatic N) is 1. The summed E-state index contributed by atoms with van der Waals surface area (Å²) in [7, 11) is 0. The molecule has 0 spiro atoms. The lowest BCUT2D eigenvalue weighted by molar-refractivity contribution is 0.148. The van der Waals surface area contributed by atoms with Crippen LogP contribution < -0.4 is 5.32 Å². The smallest absolute Gasteiger partial charge is 0.112 e. The predicted molar refractivity (Wildman–Crippen MR) is 71.7 cm³/mol. The van der Waals surface area contributed by atoms with Gasteiger partial charge in [0.1, 0.15) is 4.34 Å². The van der Waals surface area contributed by atoms with E-state index in [2.05, 4.69) is 29.4 Å². The molecule has 1 aromatic heterocycles. The molecule has 0 unspecified atom stereocenters. The van der Waals surface area contributed by atoms with Crippen molar-refractivity contribution in [2.24, 2.45) is 0 Å². The van der Waals surface area contributed by atoms with Crippen molar-refractivity contribution in [2.75, 3.05) is 19.6 Å². The summed E-state index contributed by atoms with van der Waals surface area (Å²) >= 11 is 13.6. The third-order valence-electron chi connectivity index (χ3n) is 2.80. The van der Waals surface area contributed by atoms with Gasteiger partial charge in [0.2, 0.25) is 0 Å². The monoisotopic (exact) mass is 278 g/mol. The van der Waals surface area contributed by atoms with E-state index < -0.39 is 0 Å². The second-order valence-corrected chi connectivity index (χ2v) is 6.73. The standard InChI is InChI=1S/C11H16Cl2N2S/c1-11(2)7-15(4-3-14-11)5-8-6-16-10(13)9(8)12/h6,14H,3-5,7H2,1-2H3. The summed E-state index contributed by atoms with van der Waals surface area (Å²) in [5.41, 5.74) is 1.33. The van der Waals surface area contributed by atoms with Crippen LogP contribution in [-0.2, 0) is 6.54 Å². The second-order valence-electron chi connectivity index (χ2n) is 4.87. The Balaban J connectivity index is 2.02. The SMILES string of the molecule is CC1(C)CN(Cc2csc(Cl)c2Cl)CCN1. The number of thiophene rings is 1. The van der Waals surface area contributed by atoms with E-state index in [1.54, 1.807) is 0 Å². The predicted octanol–water partition coefficient (Wildman–Crippen LogP) is 3.24. The maximum atomic E-state index is 6.14. The molecule has 0 radical (unpaired) electrons. The zero-order chi connectivity index (χ0) is 11.8. The maximum Gasteiger partial charge on any atom is 0.112 e. The summed E-state index contributed by atoms with van der Waals surface area (Å²) in [6.45, 7) is 8.47. The van der Waals surface area contributed by atoms with E-state index in [0.29, 0.717) is 4.34 Å². The van der Waals surface area contributed by atoms with E-state index in [4.69, 9.17) is 23.2 Å². The van der Waals surface area contributed by atoms with Crippen LogP contribution in [0.2, 0.25) is 9.36 Å². The van der Waals surface area contributed by atoms with Gasteiger partial charge in [-0.15, -0.1) is 11.3 Å². The average Bonchev–Trinajstić information content (AvgIpc) is 2.48.